The molecule has 2 saturated heterocycles. The van der Waals surface area contributed by atoms with Crippen LogP contribution in [-0.4, -0.2) is 61.0 Å². The molecule has 0 aromatic heterocycles. The van der Waals surface area contributed by atoms with Crippen molar-refractivity contribution in [2.45, 2.75) is 25.2 Å². The molecule has 0 unspecified atom stereocenters. The summed E-state index contributed by atoms with van der Waals surface area (Å²) in [5.74, 6) is -1.31. The molecule has 3 rings (SSSR count). The van der Waals surface area contributed by atoms with Crippen molar-refractivity contribution in [3.63, 3.8) is 0 Å². The summed E-state index contributed by atoms with van der Waals surface area (Å²) < 4.78 is 83.3. The first-order valence-corrected chi connectivity index (χ1v) is 9.42. The fraction of sp³-hybridized carbons (Fsp3) is 0.579. The van der Waals surface area contributed by atoms with Crippen molar-refractivity contribution in [1.29, 1.82) is 0 Å². The van der Waals surface area contributed by atoms with Gasteiger partial charge in [0.15, 0.2) is 0 Å². The van der Waals surface area contributed by atoms with Crippen LogP contribution < -0.4 is 0 Å². The molecular formula is C19H20F6N2O3. The number of hydrogen-bond donors (Lipinski definition) is 0. The van der Waals surface area contributed by atoms with Crippen molar-refractivity contribution in [2.75, 3.05) is 39.4 Å². The van der Waals surface area contributed by atoms with E-state index in [2.05, 4.69) is 0 Å². The van der Waals surface area contributed by atoms with Gasteiger partial charge in [0.25, 0.3) is 5.91 Å². The van der Waals surface area contributed by atoms with Gasteiger partial charge in [-0.3, -0.25) is 9.59 Å². The maximum atomic E-state index is 13.0. The number of benzene rings is 1. The fourth-order valence-corrected chi connectivity index (χ4v) is 3.63. The Labute approximate surface area is 168 Å². The van der Waals surface area contributed by atoms with Crippen molar-refractivity contribution in [1.82, 2.24) is 9.80 Å². The van der Waals surface area contributed by atoms with Crippen LogP contribution in [0.4, 0.5) is 26.3 Å². The van der Waals surface area contributed by atoms with Gasteiger partial charge in [0.1, 0.15) is 0 Å². The number of piperidine rings is 1. The molecule has 2 aliphatic heterocycles. The quantitative estimate of drug-likeness (QED) is 0.665. The van der Waals surface area contributed by atoms with Crippen molar-refractivity contribution in [3.05, 3.63) is 34.9 Å². The highest BCUT2D eigenvalue weighted by Gasteiger charge is 2.38. The average Bonchev–Trinajstić information content (AvgIpc) is 2.72. The van der Waals surface area contributed by atoms with E-state index < -0.39 is 35.0 Å². The van der Waals surface area contributed by atoms with Crippen molar-refractivity contribution in [3.8, 4) is 0 Å². The molecule has 0 spiro atoms. The van der Waals surface area contributed by atoms with Crippen LogP contribution in [0, 0.1) is 5.92 Å². The summed E-state index contributed by atoms with van der Waals surface area (Å²) in [5.41, 5.74) is -3.73. The predicted molar refractivity (Wildman–Crippen MR) is 92.5 cm³/mol. The third-order valence-electron chi connectivity index (χ3n) is 5.29. The SMILES string of the molecule is O=C(c1cc(C(F)(F)F)cc(C(F)(F)F)c1)N1CCC(C(=O)N2CCOCC2)CC1. The van der Waals surface area contributed by atoms with Crippen molar-refractivity contribution >= 4 is 11.8 Å². The van der Waals surface area contributed by atoms with Crippen LogP contribution in [0.2, 0.25) is 0 Å². The second-order valence-electron chi connectivity index (χ2n) is 7.30. The summed E-state index contributed by atoms with van der Waals surface area (Å²) in [5, 5.41) is 0. The number of likely N-dealkylation sites (tertiary alicyclic amines) is 1. The van der Waals surface area contributed by atoms with E-state index in [9.17, 15) is 35.9 Å². The Bertz CT molecular complexity index is 762. The van der Waals surface area contributed by atoms with E-state index in [1.54, 1.807) is 4.90 Å². The third-order valence-corrected chi connectivity index (χ3v) is 5.29. The Morgan fingerprint density at radius 2 is 1.30 bits per heavy atom. The number of halogens is 6. The zero-order valence-corrected chi connectivity index (χ0v) is 15.9. The Hall–Kier alpha value is -2.30. The van der Waals surface area contributed by atoms with Crippen LogP contribution in [0.3, 0.4) is 0 Å². The number of carbonyl (C=O) groups is 2. The topological polar surface area (TPSA) is 49.9 Å². The highest BCUT2D eigenvalue weighted by atomic mass is 19.4. The van der Waals surface area contributed by atoms with Crippen LogP contribution in [0.15, 0.2) is 18.2 Å². The van der Waals surface area contributed by atoms with Gasteiger partial charge in [-0.15, -0.1) is 0 Å². The number of hydrogen-bond acceptors (Lipinski definition) is 3. The largest absolute Gasteiger partial charge is 0.416 e. The summed E-state index contributed by atoms with van der Waals surface area (Å²) in [6.45, 7) is 2.00. The van der Waals surface area contributed by atoms with Gasteiger partial charge in [-0.1, -0.05) is 0 Å². The Morgan fingerprint density at radius 3 is 1.77 bits per heavy atom. The molecule has 0 atom stereocenters. The van der Waals surface area contributed by atoms with Gasteiger partial charge in [0, 0.05) is 37.7 Å². The highest BCUT2D eigenvalue weighted by molar-refractivity contribution is 5.95. The fourth-order valence-electron chi connectivity index (χ4n) is 3.63. The zero-order valence-electron chi connectivity index (χ0n) is 15.9. The molecule has 0 saturated carbocycles. The summed E-state index contributed by atoms with van der Waals surface area (Å²) in [4.78, 5) is 28.0. The molecule has 0 N–H and O–H groups in total. The normalized spacial score (nSPS) is 19.1. The lowest BCUT2D eigenvalue weighted by atomic mass is 9.94. The minimum absolute atomic E-state index is 0.00991. The van der Waals surface area contributed by atoms with Gasteiger partial charge in [0.05, 0.1) is 24.3 Å². The maximum Gasteiger partial charge on any atom is 0.416 e. The molecule has 2 aliphatic rings. The first kappa shape index (κ1) is 22.4. The van der Waals surface area contributed by atoms with Crippen LogP contribution in [0.25, 0.3) is 0 Å². The molecular weight excluding hydrogens is 418 g/mol. The number of amides is 2. The molecule has 0 bridgehead atoms. The lowest BCUT2D eigenvalue weighted by Crippen LogP contribution is -2.47. The number of rotatable bonds is 2. The number of carbonyl (C=O) groups excluding carboxylic acids is 2. The van der Waals surface area contributed by atoms with Crippen molar-refractivity contribution in [2.24, 2.45) is 5.92 Å². The van der Waals surface area contributed by atoms with E-state index in [1.807, 2.05) is 0 Å². The molecule has 0 aliphatic carbocycles. The van der Waals surface area contributed by atoms with Gasteiger partial charge in [0.2, 0.25) is 5.91 Å². The van der Waals surface area contributed by atoms with Gasteiger partial charge in [-0.2, -0.15) is 26.3 Å². The predicted octanol–water partition coefficient (Wildman–Crippen LogP) is 3.44. The zero-order chi connectivity index (χ0) is 22.1. The van der Waals surface area contributed by atoms with E-state index in [0.717, 1.165) is 0 Å². The second-order valence-corrected chi connectivity index (χ2v) is 7.30. The molecule has 166 valence electrons. The molecule has 1 aromatic carbocycles. The smallest absolute Gasteiger partial charge is 0.378 e. The summed E-state index contributed by atoms with van der Waals surface area (Å²) in [6, 6.07) is 0.856. The Kier molecular flexibility index (Phi) is 6.30. The monoisotopic (exact) mass is 438 g/mol. The van der Waals surface area contributed by atoms with E-state index in [1.165, 1.54) is 4.90 Å². The minimum atomic E-state index is -5.02. The first-order valence-electron chi connectivity index (χ1n) is 9.42. The molecule has 0 radical (unpaired) electrons. The lowest BCUT2D eigenvalue weighted by molar-refractivity contribution is -0.143. The number of alkyl halides is 6. The van der Waals surface area contributed by atoms with E-state index >= 15 is 0 Å². The van der Waals surface area contributed by atoms with E-state index in [4.69, 9.17) is 4.74 Å². The summed E-state index contributed by atoms with van der Waals surface area (Å²) >= 11 is 0. The third kappa shape index (κ3) is 5.05. The van der Waals surface area contributed by atoms with Crippen LogP contribution in [0.5, 0.6) is 0 Å². The van der Waals surface area contributed by atoms with Crippen LogP contribution in [0.1, 0.15) is 34.3 Å². The second kappa shape index (κ2) is 8.44. The average molecular weight is 438 g/mol. The molecule has 30 heavy (non-hydrogen) atoms. The van der Waals surface area contributed by atoms with Gasteiger partial charge in [-0.05, 0) is 31.0 Å². The minimum Gasteiger partial charge on any atom is -0.378 e. The molecule has 5 nitrogen and oxygen atoms in total. The number of ether oxygens (including phenoxy) is 1. The first-order chi connectivity index (χ1) is 14.0. The molecule has 11 heteroatoms. The lowest BCUT2D eigenvalue weighted by Gasteiger charge is -2.35. The Morgan fingerprint density at radius 1 is 0.800 bits per heavy atom. The standard InChI is InChI=1S/C19H20F6N2O3/c20-18(21,22)14-9-13(10-15(11-14)19(23,24)25)17(29)26-3-1-12(2-4-26)16(28)27-5-7-30-8-6-27/h9-12H,1-8H2. The van der Waals surface area contributed by atoms with Crippen LogP contribution >= 0.6 is 0 Å². The van der Waals surface area contributed by atoms with Gasteiger partial charge in [-0.25, -0.2) is 0 Å². The van der Waals surface area contributed by atoms with Gasteiger partial charge >= 0.3 is 12.4 Å². The summed E-state index contributed by atoms with van der Waals surface area (Å²) in [7, 11) is 0. The van der Waals surface area contributed by atoms with Crippen molar-refractivity contribution < 1.29 is 40.7 Å². The molecule has 1 aromatic rings. The van der Waals surface area contributed by atoms with E-state index in [0.29, 0.717) is 51.3 Å². The maximum absolute atomic E-state index is 13.0. The van der Waals surface area contributed by atoms with Gasteiger partial charge < -0.3 is 14.5 Å². The Balaban J connectivity index is 1.72. The van der Waals surface area contributed by atoms with E-state index in [-0.39, 0.29) is 31.0 Å². The number of nitrogens with zero attached hydrogens (tertiary/aromatic N) is 2. The molecule has 2 heterocycles. The molecule has 2 fully saturated rings. The van der Waals surface area contributed by atoms with Crippen LogP contribution in [-0.2, 0) is 21.9 Å². The number of morpholine rings is 1. The summed E-state index contributed by atoms with van der Waals surface area (Å²) in [6.07, 6.45) is -9.44. The highest BCUT2D eigenvalue weighted by Crippen LogP contribution is 2.36. The molecule has 2 amide bonds.